The number of hydrogen-bond donors (Lipinski definition) is 1. The first kappa shape index (κ1) is 18.9. The second-order valence-corrected chi connectivity index (χ2v) is 9.70. The minimum absolute atomic E-state index is 0.196. The number of nitrogens with one attached hydrogen (secondary N) is 1. The van der Waals surface area contributed by atoms with Crippen LogP contribution in [0.4, 0.5) is 5.69 Å². The fraction of sp³-hybridized carbons (Fsp3) is 0.409. The van der Waals surface area contributed by atoms with Gasteiger partial charge in [0.2, 0.25) is 0 Å². The number of rotatable bonds is 2. The third-order valence-electron chi connectivity index (χ3n) is 5.76. The van der Waals surface area contributed by atoms with Gasteiger partial charge in [-0.1, -0.05) is 39.0 Å². The van der Waals surface area contributed by atoms with Gasteiger partial charge in [0, 0.05) is 16.1 Å². The van der Waals surface area contributed by atoms with E-state index in [2.05, 4.69) is 31.1 Å². The first-order valence-corrected chi connectivity index (χ1v) is 10.5. The summed E-state index contributed by atoms with van der Waals surface area (Å²) < 4.78 is 1.70. The van der Waals surface area contributed by atoms with Crippen molar-refractivity contribution in [1.82, 2.24) is 9.38 Å². The molecule has 146 valence electrons. The van der Waals surface area contributed by atoms with Crippen molar-refractivity contribution < 1.29 is 4.79 Å². The van der Waals surface area contributed by atoms with E-state index in [0.717, 1.165) is 30.5 Å². The number of aryl methyl sites for hydroxylation is 2. The molecule has 1 N–H and O–H groups in total. The maximum absolute atomic E-state index is 13.1. The molecule has 0 saturated carbocycles. The Hall–Kier alpha value is -2.47. The number of aromatic nitrogens is 2. The van der Waals surface area contributed by atoms with Crippen molar-refractivity contribution in [2.75, 3.05) is 5.32 Å². The number of amides is 1. The van der Waals surface area contributed by atoms with Gasteiger partial charge in [0.1, 0.15) is 5.69 Å². The standard InChI is InChI=1S/C22H25N3O2S/c1-13-7-5-6-8-15(13)19(26)24-16-12-23-21-25(20(16)27)17-10-9-14(22(2,3)4)11-18(17)28-21/h5-8,12,14H,9-11H2,1-4H3,(H,24,26). The second kappa shape index (κ2) is 6.85. The summed E-state index contributed by atoms with van der Waals surface area (Å²) >= 11 is 1.60. The van der Waals surface area contributed by atoms with Crippen molar-refractivity contribution in [1.29, 1.82) is 0 Å². The zero-order chi connectivity index (χ0) is 20.1. The van der Waals surface area contributed by atoms with Crippen LogP contribution < -0.4 is 10.9 Å². The van der Waals surface area contributed by atoms with Crippen molar-refractivity contribution >= 4 is 27.9 Å². The van der Waals surface area contributed by atoms with Gasteiger partial charge < -0.3 is 5.32 Å². The van der Waals surface area contributed by atoms with E-state index in [9.17, 15) is 9.59 Å². The van der Waals surface area contributed by atoms with Gasteiger partial charge in [0.05, 0.1) is 6.20 Å². The van der Waals surface area contributed by atoms with Gasteiger partial charge in [-0.15, -0.1) is 11.3 Å². The maximum atomic E-state index is 13.1. The average Bonchev–Trinajstić information content (AvgIpc) is 3.02. The molecule has 28 heavy (non-hydrogen) atoms. The maximum Gasteiger partial charge on any atom is 0.282 e. The highest BCUT2D eigenvalue weighted by Crippen LogP contribution is 2.39. The van der Waals surface area contributed by atoms with Crippen LogP contribution in [0.1, 0.15) is 53.7 Å². The summed E-state index contributed by atoms with van der Waals surface area (Å²) in [5.41, 5.74) is 2.77. The Kier molecular flexibility index (Phi) is 4.62. The molecule has 2 aromatic heterocycles. The summed E-state index contributed by atoms with van der Waals surface area (Å²) in [5.74, 6) is 0.317. The number of benzene rings is 1. The highest BCUT2D eigenvalue weighted by Gasteiger charge is 2.31. The molecule has 0 spiro atoms. The molecule has 0 radical (unpaired) electrons. The lowest BCUT2D eigenvalue weighted by Crippen LogP contribution is -2.28. The van der Waals surface area contributed by atoms with Crippen LogP contribution in [0.2, 0.25) is 0 Å². The largest absolute Gasteiger partial charge is 0.316 e. The lowest BCUT2D eigenvalue weighted by molar-refractivity contribution is 0.102. The van der Waals surface area contributed by atoms with Gasteiger partial charge in [-0.05, 0) is 49.1 Å². The zero-order valence-corrected chi connectivity index (χ0v) is 17.5. The molecule has 4 rings (SSSR count). The molecule has 2 heterocycles. The van der Waals surface area contributed by atoms with Gasteiger partial charge in [-0.25, -0.2) is 4.98 Å². The molecule has 5 nitrogen and oxygen atoms in total. The molecule has 1 aliphatic carbocycles. The lowest BCUT2D eigenvalue weighted by Gasteiger charge is -2.33. The fourth-order valence-corrected chi connectivity index (χ4v) is 5.14. The van der Waals surface area contributed by atoms with Crippen LogP contribution in [0, 0.1) is 18.3 Å². The summed E-state index contributed by atoms with van der Waals surface area (Å²) in [4.78, 5) is 32.2. The van der Waals surface area contributed by atoms with Gasteiger partial charge in [-0.2, -0.15) is 0 Å². The zero-order valence-electron chi connectivity index (χ0n) is 16.7. The third kappa shape index (κ3) is 3.26. The Labute approximate surface area is 168 Å². The second-order valence-electron chi connectivity index (χ2n) is 8.64. The van der Waals surface area contributed by atoms with Crippen molar-refractivity contribution in [2.45, 2.75) is 47.0 Å². The Morgan fingerprint density at radius 3 is 2.75 bits per heavy atom. The fourth-order valence-electron chi connectivity index (χ4n) is 3.93. The molecule has 1 aliphatic rings. The first-order chi connectivity index (χ1) is 13.3. The van der Waals surface area contributed by atoms with E-state index in [1.54, 1.807) is 21.8 Å². The van der Waals surface area contributed by atoms with E-state index >= 15 is 0 Å². The first-order valence-electron chi connectivity index (χ1n) is 9.65. The molecule has 3 aromatic rings. The molecule has 0 fully saturated rings. The van der Waals surface area contributed by atoms with Crippen molar-refractivity contribution in [3.05, 3.63) is 62.5 Å². The molecule has 1 amide bonds. The Morgan fingerprint density at radius 1 is 1.29 bits per heavy atom. The van der Waals surface area contributed by atoms with Crippen molar-refractivity contribution in [3.63, 3.8) is 0 Å². The van der Waals surface area contributed by atoms with E-state index in [-0.39, 0.29) is 22.6 Å². The summed E-state index contributed by atoms with van der Waals surface area (Å²) in [6, 6.07) is 7.34. The molecule has 0 bridgehead atoms. The van der Waals surface area contributed by atoms with Crippen LogP contribution >= 0.6 is 11.3 Å². The highest BCUT2D eigenvalue weighted by atomic mass is 32.1. The number of carbonyl (C=O) groups excluding carboxylic acids is 1. The minimum atomic E-state index is -0.283. The number of anilines is 1. The van der Waals surface area contributed by atoms with E-state index in [4.69, 9.17) is 0 Å². The lowest BCUT2D eigenvalue weighted by atomic mass is 9.73. The number of thiazole rings is 1. The van der Waals surface area contributed by atoms with Crippen LogP contribution in [0.15, 0.2) is 35.3 Å². The van der Waals surface area contributed by atoms with Crippen LogP contribution in [-0.4, -0.2) is 15.3 Å². The van der Waals surface area contributed by atoms with E-state index in [1.165, 1.54) is 11.1 Å². The normalized spacial score (nSPS) is 16.8. The summed E-state index contributed by atoms with van der Waals surface area (Å²) in [6.07, 6.45) is 4.40. The number of hydrogen-bond acceptors (Lipinski definition) is 4. The topological polar surface area (TPSA) is 63.5 Å². The molecular formula is C22H25N3O2S. The predicted molar refractivity (Wildman–Crippen MR) is 113 cm³/mol. The molecule has 1 aromatic carbocycles. The quantitative estimate of drug-likeness (QED) is 0.696. The van der Waals surface area contributed by atoms with Crippen LogP contribution in [0.5, 0.6) is 0 Å². The van der Waals surface area contributed by atoms with Crippen molar-refractivity contribution in [3.8, 4) is 0 Å². The minimum Gasteiger partial charge on any atom is -0.316 e. The van der Waals surface area contributed by atoms with Crippen LogP contribution in [0.25, 0.3) is 4.96 Å². The molecule has 0 aliphatic heterocycles. The number of fused-ring (bicyclic) bond motifs is 3. The van der Waals surface area contributed by atoms with Gasteiger partial charge in [0.25, 0.3) is 11.5 Å². The smallest absolute Gasteiger partial charge is 0.282 e. The monoisotopic (exact) mass is 395 g/mol. The van der Waals surface area contributed by atoms with E-state index in [0.29, 0.717) is 16.4 Å². The average molecular weight is 396 g/mol. The third-order valence-corrected chi connectivity index (χ3v) is 6.88. The molecule has 0 saturated heterocycles. The number of carbonyl (C=O) groups is 1. The van der Waals surface area contributed by atoms with E-state index < -0.39 is 0 Å². The molecular weight excluding hydrogens is 370 g/mol. The van der Waals surface area contributed by atoms with Gasteiger partial charge in [0.15, 0.2) is 4.96 Å². The van der Waals surface area contributed by atoms with Gasteiger partial charge in [-0.3, -0.25) is 14.0 Å². The Bertz CT molecular complexity index is 1120. The van der Waals surface area contributed by atoms with E-state index in [1.807, 2.05) is 25.1 Å². The number of nitrogens with zero attached hydrogens (tertiary/aromatic N) is 2. The molecule has 1 atom stereocenters. The summed E-state index contributed by atoms with van der Waals surface area (Å²) in [6.45, 7) is 8.71. The molecule has 1 unspecified atom stereocenters. The summed E-state index contributed by atoms with van der Waals surface area (Å²) in [5, 5.41) is 2.76. The van der Waals surface area contributed by atoms with Crippen molar-refractivity contribution in [2.24, 2.45) is 11.3 Å². The highest BCUT2D eigenvalue weighted by molar-refractivity contribution is 7.17. The SMILES string of the molecule is Cc1ccccc1C(=O)Nc1cnc2sc3c(n2c1=O)CCC(C(C)(C)C)C3. The van der Waals surface area contributed by atoms with Crippen LogP contribution in [-0.2, 0) is 12.8 Å². The van der Waals surface area contributed by atoms with Crippen LogP contribution in [0.3, 0.4) is 0 Å². The Balaban J connectivity index is 1.70. The molecule has 6 heteroatoms. The Morgan fingerprint density at radius 2 is 2.04 bits per heavy atom. The summed E-state index contributed by atoms with van der Waals surface area (Å²) in [7, 11) is 0. The predicted octanol–water partition coefficient (Wildman–Crippen LogP) is 4.47. The van der Waals surface area contributed by atoms with Gasteiger partial charge >= 0.3 is 0 Å².